The van der Waals surface area contributed by atoms with E-state index in [9.17, 15) is 0 Å². The molecule has 0 radical (unpaired) electrons. The minimum Gasteiger partial charge on any atom is -0.460 e. The first-order valence-electron chi connectivity index (χ1n) is 2.81. The Hall–Kier alpha value is -0.0400. The molecule has 0 amide bonds. The van der Waals surface area contributed by atoms with Crippen LogP contribution in [-0.2, 0) is 0 Å². The maximum Gasteiger partial charge on any atom is 0.0514 e. The first-order chi connectivity index (χ1) is 3.12. The van der Waals surface area contributed by atoms with E-state index in [1.807, 2.05) is 0 Å². The molecule has 0 aromatic rings. The molecule has 0 aliphatic carbocycles. The van der Waals surface area contributed by atoms with Crippen molar-refractivity contribution in [3.8, 4) is 0 Å². The summed E-state index contributed by atoms with van der Waals surface area (Å²) in [6.45, 7) is 6.54. The van der Waals surface area contributed by atoms with Gasteiger partial charge in [-0.3, -0.25) is 0 Å². The molecule has 0 aromatic heterocycles. The molecule has 0 saturated carbocycles. The number of rotatable bonds is 2. The molecule has 0 fully saturated rings. The van der Waals surface area contributed by atoms with Gasteiger partial charge in [-0.05, 0) is 13.8 Å². The second-order valence-corrected chi connectivity index (χ2v) is 2.25. The smallest absolute Gasteiger partial charge is 0.0514 e. The molecule has 0 unspecified atom stereocenters. The van der Waals surface area contributed by atoms with E-state index in [-0.39, 0.29) is 0 Å². The Morgan fingerprint density at radius 2 is 1.57 bits per heavy atom. The number of hydrogen-bond acceptors (Lipinski definition) is 0. The Morgan fingerprint density at radius 3 is 1.57 bits per heavy atom. The second-order valence-electron chi connectivity index (χ2n) is 2.25. The van der Waals surface area contributed by atoms with Gasteiger partial charge >= 0.3 is 0 Å². The number of quaternary nitrogens is 1. The average molecular weight is 101 g/mol. The molecule has 0 rings (SSSR count). The molecule has 0 heterocycles. The molecule has 0 aliphatic heterocycles. The van der Waals surface area contributed by atoms with E-state index in [2.05, 4.69) is 27.9 Å². The van der Waals surface area contributed by atoms with Crippen molar-refractivity contribution in [1.29, 1.82) is 0 Å². The highest BCUT2D eigenvalue weighted by Gasteiger charge is 1.96. The molecule has 44 valence electrons. The topological polar surface area (TPSA) is 0 Å². The van der Waals surface area contributed by atoms with Crippen LogP contribution in [0.25, 0.3) is 0 Å². The lowest BCUT2D eigenvalue weighted by atomic mass is 10.5. The van der Waals surface area contributed by atoms with Gasteiger partial charge in [-0.25, -0.2) is 0 Å². The van der Waals surface area contributed by atoms with Gasteiger partial charge in [-0.2, -0.15) is 0 Å². The maximum absolute atomic E-state index is 3.94. The molecule has 0 atom stereocenters. The van der Waals surface area contributed by atoms with Crippen molar-refractivity contribution >= 4 is 0 Å². The van der Waals surface area contributed by atoms with E-state index in [4.69, 9.17) is 0 Å². The third-order valence-electron chi connectivity index (χ3n) is 1.53. The van der Waals surface area contributed by atoms with Gasteiger partial charge in [0.15, 0.2) is 0 Å². The first kappa shape index (κ1) is 6.96. The summed E-state index contributed by atoms with van der Waals surface area (Å²) < 4.78 is 0.889. The Morgan fingerprint density at radius 1 is 1.29 bits per heavy atom. The fourth-order valence-electron chi connectivity index (χ4n) is 0.224. The summed E-state index contributed by atoms with van der Waals surface area (Å²) in [5, 5.41) is 0. The zero-order valence-corrected chi connectivity index (χ0v) is 5.57. The van der Waals surface area contributed by atoms with Crippen molar-refractivity contribution in [1.82, 2.24) is 0 Å². The summed E-state index contributed by atoms with van der Waals surface area (Å²) in [5.41, 5.74) is 0. The third-order valence-corrected chi connectivity index (χ3v) is 1.53. The monoisotopic (exact) mass is 101 g/mol. The maximum atomic E-state index is 3.94. The van der Waals surface area contributed by atoms with Crippen LogP contribution in [-0.4, -0.2) is 24.6 Å². The van der Waals surface area contributed by atoms with Crippen molar-refractivity contribution in [2.45, 2.75) is 13.8 Å². The summed E-state index contributed by atoms with van der Waals surface area (Å²) in [4.78, 5) is 0. The summed E-state index contributed by atoms with van der Waals surface area (Å²) in [6.07, 6.45) is 0. The van der Waals surface area contributed by atoms with E-state index < -0.39 is 0 Å². The summed E-state index contributed by atoms with van der Waals surface area (Å²) in [6, 6.07) is 0. The Kier molecular flexibility index (Phi) is 2.30. The zero-order valence-electron chi connectivity index (χ0n) is 5.57. The van der Waals surface area contributed by atoms with Gasteiger partial charge < -0.3 is 4.48 Å². The van der Waals surface area contributed by atoms with Gasteiger partial charge in [-0.15, -0.1) is 7.05 Å². The molecule has 1 nitrogen and oxygen atoms in total. The fourth-order valence-corrected chi connectivity index (χ4v) is 0.224. The standard InChI is InChI=1S/C6H15N/c1-5-7(3,4)6-2/h3,5-6H2,1-2,4H3. The minimum absolute atomic E-state index is 0.889. The Balaban J connectivity index is 3.36. The predicted octanol–water partition coefficient (Wildman–Crippen LogP) is 1.26. The second kappa shape index (κ2) is 2.31. The van der Waals surface area contributed by atoms with Crippen molar-refractivity contribution in [3.05, 3.63) is 7.05 Å². The highest BCUT2D eigenvalue weighted by atomic mass is 15.3. The SMILES string of the molecule is [CH2-][N+](C)(CC)CC. The van der Waals surface area contributed by atoms with E-state index in [1.165, 1.54) is 0 Å². The molecule has 0 N–H and O–H groups in total. The lowest BCUT2D eigenvalue weighted by Crippen LogP contribution is -2.35. The van der Waals surface area contributed by atoms with Crippen molar-refractivity contribution in [2.75, 3.05) is 20.1 Å². The van der Waals surface area contributed by atoms with E-state index in [0.29, 0.717) is 0 Å². The Bertz CT molecular complexity index is 42.1. The molecular weight excluding hydrogens is 86.1 g/mol. The van der Waals surface area contributed by atoms with Gasteiger partial charge in [0.25, 0.3) is 0 Å². The Labute approximate surface area is 46.5 Å². The quantitative estimate of drug-likeness (QED) is 0.363. The summed E-state index contributed by atoms with van der Waals surface area (Å²) >= 11 is 0. The van der Waals surface area contributed by atoms with Crippen molar-refractivity contribution in [2.24, 2.45) is 0 Å². The zero-order chi connectivity index (χ0) is 5.91. The molecule has 0 spiro atoms. The van der Waals surface area contributed by atoms with Gasteiger partial charge in [0.1, 0.15) is 0 Å². The number of nitrogens with zero attached hydrogens (tertiary/aromatic N) is 1. The summed E-state index contributed by atoms with van der Waals surface area (Å²) in [7, 11) is 6.07. The third kappa shape index (κ3) is 2.63. The van der Waals surface area contributed by atoms with Crippen LogP contribution in [0.1, 0.15) is 13.8 Å². The van der Waals surface area contributed by atoms with Crippen LogP contribution in [0.5, 0.6) is 0 Å². The lowest BCUT2D eigenvalue weighted by molar-refractivity contribution is -0.862. The van der Waals surface area contributed by atoms with Crippen LogP contribution in [0.4, 0.5) is 0 Å². The molecule has 1 heteroatoms. The molecule has 0 bridgehead atoms. The van der Waals surface area contributed by atoms with E-state index in [0.717, 1.165) is 17.6 Å². The van der Waals surface area contributed by atoms with E-state index >= 15 is 0 Å². The number of hydrogen-bond donors (Lipinski definition) is 0. The van der Waals surface area contributed by atoms with Crippen LogP contribution < -0.4 is 0 Å². The highest BCUT2D eigenvalue weighted by molar-refractivity contribution is 4.22. The van der Waals surface area contributed by atoms with E-state index in [1.54, 1.807) is 0 Å². The van der Waals surface area contributed by atoms with Gasteiger partial charge in [-0.1, -0.05) is 0 Å². The normalized spacial score (nSPS) is 12.0. The molecule has 0 saturated heterocycles. The summed E-state index contributed by atoms with van der Waals surface area (Å²) in [5.74, 6) is 0. The average Bonchev–Trinajstić information content (AvgIpc) is 1.68. The van der Waals surface area contributed by atoms with Crippen LogP contribution in [0.15, 0.2) is 0 Å². The first-order valence-corrected chi connectivity index (χ1v) is 2.81. The van der Waals surface area contributed by atoms with Crippen LogP contribution >= 0.6 is 0 Å². The largest absolute Gasteiger partial charge is 0.460 e. The predicted molar refractivity (Wildman–Crippen MR) is 32.6 cm³/mol. The van der Waals surface area contributed by atoms with Gasteiger partial charge in [0.05, 0.1) is 13.1 Å². The molecule has 7 heavy (non-hydrogen) atoms. The van der Waals surface area contributed by atoms with Gasteiger partial charge in [0, 0.05) is 7.05 Å². The van der Waals surface area contributed by atoms with Crippen molar-refractivity contribution < 1.29 is 4.48 Å². The molecule has 0 aromatic carbocycles. The van der Waals surface area contributed by atoms with Crippen LogP contribution in [0, 0.1) is 7.05 Å². The van der Waals surface area contributed by atoms with Crippen LogP contribution in [0.3, 0.4) is 0 Å². The molecule has 0 aliphatic rings. The van der Waals surface area contributed by atoms with Gasteiger partial charge in [0.2, 0.25) is 0 Å². The van der Waals surface area contributed by atoms with Crippen LogP contribution in [0.2, 0.25) is 0 Å². The minimum atomic E-state index is 0.889. The lowest BCUT2D eigenvalue weighted by Gasteiger charge is -2.35. The van der Waals surface area contributed by atoms with Crippen molar-refractivity contribution in [3.63, 3.8) is 0 Å². The highest BCUT2D eigenvalue weighted by Crippen LogP contribution is 1.94. The molecular formula is C6H15N. The fraction of sp³-hybridized carbons (Fsp3) is 0.833.